The highest BCUT2D eigenvalue weighted by molar-refractivity contribution is 5.24. The van der Waals surface area contributed by atoms with Crippen LogP contribution in [-0.2, 0) is 0 Å². The first-order valence-electron chi connectivity index (χ1n) is 5.00. The molecule has 2 rings (SSSR count). The zero-order valence-electron chi connectivity index (χ0n) is 8.90. The first-order chi connectivity index (χ1) is 7.18. The lowest BCUT2D eigenvalue weighted by atomic mass is 10.1. The van der Waals surface area contributed by atoms with E-state index in [0.29, 0.717) is 0 Å². The zero-order valence-corrected chi connectivity index (χ0v) is 8.90. The third kappa shape index (κ3) is 1.86. The van der Waals surface area contributed by atoms with Crippen LogP contribution in [0.4, 0.5) is 0 Å². The molecule has 0 amide bonds. The van der Waals surface area contributed by atoms with E-state index in [2.05, 4.69) is 36.2 Å². The third-order valence-corrected chi connectivity index (χ3v) is 2.65. The number of rotatable bonds is 2. The number of aryl methyl sites for hydroxylation is 1. The molecular weight excluding hydrogens is 188 g/mol. The van der Waals surface area contributed by atoms with Gasteiger partial charge in [-0.15, -0.1) is 0 Å². The van der Waals surface area contributed by atoms with Crippen molar-refractivity contribution in [3.05, 3.63) is 58.3 Å². The van der Waals surface area contributed by atoms with Gasteiger partial charge in [-0.25, -0.2) is 4.79 Å². The Kier molecular flexibility index (Phi) is 2.46. The minimum Gasteiger partial charge on any atom is -0.313 e. The number of nitrogens with one attached hydrogen (secondary N) is 1. The molecule has 1 unspecified atom stereocenters. The fraction of sp³-hybridized carbons (Fsp3) is 0.250. The Bertz CT molecular complexity index is 493. The maximum Gasteiger partial charge on any atom is 0.326 e. The molecule has 0 fully saturated rings. The summed E-state index contributed by atoms with van der Waals surface area (Å²) in [6.07, 6.45) is 3.43. The summed E-state index contributed by atoms with van der Waals surface area (Å²) in [5, 5.41) is 0. The van der Waals surface area contributed by atoms with Gasteiger partial charge >= 0.3 is 5.69 Å². The zero-order chi connectivity index (χ0) is 10.8. The third-order valence-electron chi connectivity index (χ3n) is 2.65. The first-order valence-corrected chi connectivity index (χ1v) is 5.00. The molecule has 0 saturated heterocycles. The van der Waals surface area contributed by atoms with E-state index in [9.17, 15) is 4.79 Å². The molecule has 0 aliphatic carbocycles. The van der Waals surface area contributed by atoms with Gasteiger partial charge in [0.15, 0.2) is 0 Å². The summed E-state index contributed by atoms with van der Waals surface area (Å²) in [4.78, 5) is 14.0. The van der Waals surface area contributed by atoms with Crippen molar-refractivity contribution < 1.29 is 0 Å². The van der Waals surface area contributed by atoms with Crippen LogP contribution in [0, 0.1) is 6.92 Å². The highest BCUT2D eigenvalue weighted by Crippen LogP contribution is 2.15. The fourth-order valence-corrected chi connectivity index (χ4v) is 1.64. The molecule has 1 aromatic carbocycles. The van der Waals surface area contributed by atoms with Gasteiger partial charge in [-0.2, -0.15) is 0 Å². The van der Waals surface area contributed by atoms with Crippen molar-refractivity contribution in [1.29, 1.82) is 0 Å². The minimum atomic E-state index is -0.0666. The number of H-pyrrole nitrogens is 1. The van der Waals surface area contributed by atoms with E-state index in [1.807, 2.05) is 6.92 Å². The highest BCUT2D eigenvalue weighted by Gasteiger charge is 2.08. The molecule has 1 N–H and O–H groups in total. The van der Waals surface area contributed by atoms with Crippen LogP contribution < -0.4 is 5.69 Å². The molecule has 0 spiro atoms. The fourth-order valence-electron chi connectivity index (χ4n) is 1.64. The maximum absolute atomic E-state index is 11.4. The van der Waals surface area contributed by atoms with E-state index >= 15 is 0 Å². The van der Waals surface area contributed by atoms with Crippen molar-refractivity contribution in [2.24, 2.45) is 0 Å². The standard InChI is InChI=1S/C12H14N2O/c1-9-3-5-11(6-4-9)10(2)14-8-7-13-12(14)15/h3-8,10H,1-2H3,(H,13,15). The number of imidazole rings is 1. The van der Waals surface area contributed by atoms with Crippen LogP contribution in [0.2, 0.25) is 0 Å². The van der Waals surface area contributed by atoms with Crippen LogP contribution in [0.15, 0.2) is 41.5 Å². The van der Waals surface area contributed by atoms with E-state index in [-0.39, 0.29) is 11.7 Å². The van der Waals surface area contributed by atoms with Crippen molar-refractivity contribution in [3.63, 3.8) is 0 Å². The number of aromatic nitrogens is 2. The van der Waals surface area contributed by atoms with Gasteiger partial charge in [0.2, 0.25) is 0 Å². The average molecular weight is 202 g/mol. The van der Waals surface area contributed by atoms with E-state index in [1.54, 1.807) is 17.0 Å². The quantitative estimate of drug-likeness (QED) is 0.795. The summed E-state index contributed by atoms with van der Waals surface area (Å²) in [7, 11) is 0. The Balaban J connectivity index is 2.36. The monoisotopic (exact) mass is 202 g/mol. The highest BCUT2D eigenvalue weighted by atomic mass is 16.1. The first kappa shape index (κ1) is 9.77. The summed E-state index contributed by atoms with van der Waals surface area (Å²) in [6, 6.07) is 8.30. The summed E-state index contributed by atoms with van der Waals surface area (Å²) < 4.78 is 1.69. The summed E-state index contributed by atoms with van der Waals surface area (Å²) in [5.41, 5.74) is 2.30. The predicted octanol–water partition coefficient (Wildman–Crippen LogP) is 2.09. The van der Waals surface area contributed by atoms with E-state index < -0.39 is 0 Å². The molecule has 0 radical (unpaired) electrons. The maximum atomic E-state index is 11.4. The molecule has 0 aliphatic rings. The molecule has 3 heteroatoms. The van der Waals surface area contributed by atoms with Gasteiger partial charge in [0.05, 0.1) is 6.04 Å². The molecule has 0 saturated carbocycles. The van der Waals surface area contributed by atoms with Gasteiger partial charge in [-0.1, -0.05) is 29.8 Å². The smallest absolute Gasteiger partial charge is 0.313 e. The van der Waals surface area contributed by atoms with Crippen molar-refractivity contribution >= 4 is 0 Å². The number of hydrogen-bond donors (Lipinski definition) is 1. The van der Waals surface area contributed by atoms with Crippen LogP contribution in [-0.4, -0.2) is 9.55 Å². The molecular formula is C12H14N2O. The molecule has 1 heterocycles. The Morgan fingerprint density at radius 3 is 2.47 bits per heavy atom. The molecule has 0 bridgehead atoms. The topological polar surface area (TPSA) is 37.8 Å². The molecule has 15 heavy (non-hydrogen) atoms. The average Bonchev–Trinajstić information content (AvgIpc) is 2.65. The lowest BCUT2D eigenvalue weighted by Crippen LogP contribution is -2.20. The summed E-state index contributed by atoms with van der Waals surface area (Å²) in [6.45, 7) is 4.07. The predicted molar refractivity (Wildman–Crippen MR) is 60.0 cm³/mol. The van der Waals surface area contributed by atoms with Gasteiger partial charge in [-0.05, 0) is 19.4 Å². The number of benzene rings is 1. The minimum absolute atomic E-state index is 0.0666. The van der Waals surface area contributed by atoms with Crippen molar-refractivity contribution in [2.45, 2.75) is 19.9 Å². The number of nitrogens with zero attached hydrogens (tertiary/aromatic N) is 1. The Morgan fingerprint density at radius 2 is 1.93 bits per heavy atom. The van der Waals surface area contributed by atoms with E-state index in [0.717, 1.165) is 5.56 Å². The Morgan fingerprint density at radius 1 is 1.27 bits per heavy atom. The molecule has 1 aromatic heterocycles. The van der Waals surface area contributed by atoms with E-state index in [1.165, 1.54) is 5.56 Å². The van der Waals surface area contributed by atoms with Crippen LogP contribution >= 0.6 is 0 Å². The van der Waals surface area contributed by atoms with Gasteiger partial charge in [0, 0.05) is 12.4 Å². The van der Waals surface area contributed by atoms with Crippen molar-refractivity contribution in [1.82, 2.24) is 9.55 Å². The molecule has 0 aliphatic heterocycles. The summed E-state index contributed by atoms with van der Waals surface area (Å²) >= 11 is 0. The largest absolute Gasteiger partial charge is 0.326 e. The van der Waals surface area contributed by atoms with Crippen molar-refractivity contribution in [2.75, 3.05) is 0 Å². The molecule has 3 nitrogen and oxygen atoms in total. The normalized spacial score (nSPS) is 12.7. The van der Waals surface area contributed by atoms with Gasteiger partial charge < -0.3 is 4.98 Å². The van der Waals surface area contributed by atoms with Gasteiger partial charge in [0.25, 0.3) is 0 Å². The second kappa shape index (κ2) is 3.77. The molecule has 78 valence electrons. The number of aromatic amines is 1. The van der Waals surface area contributed by atoms with E-state index in [4.69, 9.17) is 0 Å². The molecule has 1 atom stereocenters. The van der Waals surface area contributed by atoms with Crippen LogP contribution in [0.25, 0.3) is 0 Å². The van der Waals surface area contributed by atoms with Gasteiger partial charge in [-0.3, -0.25) is 4.57 Å². The lowest BCUT2D eigenvalue weighted by molar-refractivity contribution is 0.617. The second-order valence-electron chi connectivity index (χ2n) is 3.76. The lowest BCUT2D eigenvalue weighted by Gasteiger charge is -2.12. The van der Waals surface area contributed by atoms with Crippen molar-refractivity contribution in [3.8, 4) is 0 Å². The Labute approximate surface area is 88.4 Å². The second-order valence-corrected chi connectivity index (χ2v) is 3.76. The Hall–Kier alpha value is -1.77. The number of hydrogen-bond acceptors (Lipinski definition) is 1. The summed E-state index contributed by atoms with van der Waals surface area (Å²) in [5.74, 6) is 0. The van der Waals surface area contributed by atoms with Crippen LogP contribution in [0.1, 0.15) is 24.1 Å². The van der Waals surface area contributed by atoms with Crippen LogP contribution in [0.3, 0.4) is 0 Å². The molecule has 2 aromatic rings. The van der Waals surface area contributed by atoms with Gasteiger partial charge in [0.1, 0.15) is 0 Å². The SMILES string of the molecule is Cc1ccc(C(C)n2cc[nH]c2=O)cc1. The van der Waals surface area contributed by atoms with Crippen LogP contribution in [0.5, 0.6) is 0 Å².